The Kier molecular flexibility index (Phi) is 5.74. The highest BCUT2D eigenvalue weighted by Crippen LogP contribution is 2.28. The van der Waals surface area contributed by atoms with Gasteiger partial charge in [-0.15, -0.1) is 6.58 Å². The van der Waals surface area contributed by atoms with E-state index in [9.17, 15) is 0 Å². The van der Waals surface area contributed by atoms with Gasteiger partial charge in [0.05, 0.1) is 0 Å². The molecule has 3 N–H and O–H groups in total. The summed E-state index contributed by atoms with van der Waals surface area (Å²) in [5.41, 5.74) is 5.35. The molecule has 0 saturated carbocycles. The fraction of sp³-hybridized carbons (Fsp3) is 0.385. The molecule has 1 rings (SSSR count). The third-order valence-electron chi connectivity index (χ3n) is 2.70. The topological polar surface area (TPSA) is 38.0 Å². The highest BCUT2D eigenvalue weighted by atomic mass is 79.9. The Bertz CT molecular complexity index is 350. The van der Waals surface area contributed by atoms with Crippen LogP contribution in [0, 0.1) is 6.92 Å². The van der Waals surface area contributed by atoms with Gasteiger partial charge in [0.15, 0.2) is 0 Å². The number of rotatable bonds is 6. The first-order chi connectivity index (χ1) is 7.70. The normalized spacial score (nSPS) is 12.4. The highest BCUT2D eigenvalue weighted by Gasteiger charge is 2.13. The summed E-state index contributed by atoms with van der Waals surface area (Å²) in [5.74, 6) is 5.61. The van der Waals surface area contributed by atoms with Crippen LogP contribution < -0.4 is 11.3 Å². The zero-order chi connectivity index (χ0) is 12.0. The Morgan fingerprint density at radius 3 is 2.94 bits per heavy atom. The molecule has 0 aliphatic rings. The molecule has 0 heterocycles. The van der Waals surface area contributed by atoms with Gasteiger partial charge in [0, 0.05) is 10.5 Å². The summed E-state index contributed by atoms with van der Waals surface area (Å²) < 4.78 is 1.15. The van der Waals surface area contributed by atoms with Crippen LogP contribution in [0.25, 0.3) is 0 Å². The number of hydrogen-bond donors (Lipinski definition) is 2. The van der Waals surface area contributed by atoms with Gasteiger partial charge in [-0.1, -0.05) is 40.2 Å². The molecule has 0 fully saturated rings. The van der Waals surface area contributed by atoms with Crippen LogP contribution >= 0.6 is 15.9 Å². The quantitative estimate of drug-likeness (QED) is 0.362. The molecule has 0 amide bonds. The predicted molar refractivity (Wildman–Crippen MR) is 73.0 cm³/mol. The molecule has 0 spiro atoms. The number of hydrogen-bond acceptors (Lipinski definition) is 2. The third-order valence-corrected chi connectivity index (χ3v) is 3.78. The van der Waals surface area contributed by atoms with Crippen LogP contribution in [0.3, 0.4) is 0 Å². The lowest BCUT2D eigenvalue weighted by Crippen LogP contribution is -2.28. The van der Waals surface area contributed by atoms with Gasteiger partial charge in [-0.25, -0.2) is 0 Å². The summed E-state index contributed by atoms with van der Waals surface area (Å²) in [6.45, 7) is 5.82. The second-order valence-corrected chi connectivity index (χ2v) is 4.71. The van der Waals surface area contributed by atoms with Gasteiger partial charge < -0.3 is 0 Å². The average Bonchev–Trinajstić information content (AvgIpc) is 2.29. The zero-order valence-electron chi connectivity index (χ0n) is 9.67. The maximum Gasteiger partial charge on any atom is 0.0471 e. The maximum absolute atomic E-state index is 5.61. The van der Waals surface area contributed by atoms with Crippen LogP contribution in [0.4, 0.5) is 0 Å². The molecule has 3 heteroatoms. The number of nitrogens with two attached hydrogens (primary N) is 1. The SMILES string of the molecule is C=CCCCC(NN)c1cccc(C)c1Br. The van der Waals surface area contributed by atoms with Gasteiger partial charge in [0.25, 0.3) is 0 Å². The molecule has 0 aromatic heterocycles. The smallest absolute Gasteiger partial charge is 0.0471 e. The summed E-state index contributed by atoms with van der Waals surface area (Å²) in [5, 5.41) is 0. The molecule has 1 atom stereocenters. The second kappa shape index (κ2) is 6.84. The fourth-order valence-corrected chi connectivity index (χ4v) is 2.27. The summed E-state index contributed by atoms with van der Waals surface area (Å²) in [4.78, 5) is 0. The lowest BCUT2D eigenvalue weighted by Gasteiger charge is -2.18. The Labute approximate surface area is 106 Å². The minimum atomic E-state index is 0.203. The summed E-state index contributed by atoms with van der Waals surface area (Å²) in [6.07, 6.45) is 5.09. The van der Waals surface area contributed by atoms with Gasteiger partial charge in [0.2, 0.25) is 0 Å². The van der Waals surface area contributed by atoms with Gasteiger partial charge >= 0.3 is 0 Å². The van der Waals surface area contributed by atoms with E-state index in [4.69, 9.17) is 5.84 Å². The van der Waals surface area contributed by atoms with E-state index in [2.05, 4.69) is 53.1 Å². The molecule has 0 aliphatic heterocycles. The average molecular weight is 283 g/mol. The van der Waals surface area contributed by atoms with E-state index in [1.165, 1.54) is 11.1 Å². The largest absolute Gasteiger partial charge is 0.271 e. The molecule has 0 saturated heterocycles. The van der Waals surface area contributed by atoms with E-state index < -0.39 is 0 Å². The monoisotopic (exact) mass is 282 g/mol. The van der Waals surface area contributed by atoms with Crippen molar-refractivity contribution in [1.29, 1.82) is 0 Å². The predicted octanol–water partition coefficient (Wildman–Crippen LogP) is 3.62. The van der Waals surface area contributed by atoms with Crippen LogP contribution in [0.1, 0.15) is 36.4 Å². The molecular weight excluding hydrogens is 264 g/mol. The van der Waals surface area contributed by atoms with Crippen molar-refractivity contribution in [2.45, 2.75) is 32.2 Å². The molecule has 1 unspecified atom stereocenters. The number of hydrazine groups is 1. The highest BCUT2D eigenvalue weighted by molar-refractivity contribution is 9.10. The van der Waals surface area contributed by atoms with E-state index in [-0.39, 0.29) is 6.04 Å². The van der Waals surface area contributed by atoms with Gasteiger partial charge in [-0.2, -0.15) is 0 Å². The van der Waals surface area contributed by atoms with Crippen molar-refractivity contribution < 1.29 is 0 Å². The second-order valence-electron chi connectivity index (χ2n) is 3.92. The van der Waals surface area contributed by atoms with Crippen LogP contribution in [0.5, 0.6) is 0 Å². The van der Waals surface area contributed by atoms with E-state index in [0.29, 0.717) is 0 Å². The Morgan fingerprint density at radius 2 is 2.31 bits per heavy atom. The Hall–Kier alpha value is -0.640. The number of halogens is 1. The van der Waals surface area contributed by atoms with Crippen molar-refractivity contribution in [2.75, 3.05) is 0 Å². The lowest BCUT2D eigenvalue weighted by molar-refractivity contribution is 0.499. The van der Waals surface area contributed by atoms with Crippen molar-refractivity contribution in [3.8, 4) is 0 Å². The molecule has 0 bridgehead atoms. The zero-order valence-corrected chi connectivity index (χ0v) is 11.3. The van der Waals surface area contributed by atoms with E-state index in [1.807, 2.05) is 6.08 Å². The summed E-state index contributed by atoms with van der Waals surface area (Å²) in [6, 6.07) is 6.46. The van der Waals surface area contributed by atoms with Crippen LogP contribution in [0.2, 0.25) is 0 Å². The van der Waals surface area contributed by atoms with E-state index in [1.54, 1.807) is 0 Å². The summed E-state index contributed by atoms with van der Waals surface area (Å²) in [7, 11) is 0. The van der Waals surface area contributed by atoms with Gasteiger partial charge in [-0.05, 0) is 37.3 Å². The van der Waals surface area contributed by atoms with Crippen LogP contribution in [0.15, 0.2) is 35.3 Å². The lowest BCUT2D eigenvalue weighted by atomic mass is 10.00. The van der Waals surface area contributed by atoms with Crippen molar-refractivity contribution >= 4 is 15.9 Å². The van der Waals surface area contributed by atoms with Crippen LogP contribution in [-0.4, -0.2) is 0 Å². The fourth-order valence-electron chi connectivity index (χ4n) is 1.73. The number of nitrogens with one attached hydrogen (secondary N) is 1. The Morgan fingerprint density at radius 1 is 1.56 bits per heavy atom. The molecule has 88 valence electrons. The van der Waals surface area contributed by atoms with E-state index in [0.717, 1.165) is 23.7 Å². The maximum atomic E-state index is 5.61. The van der Waals surface area contributed by atoms with E-state index >= 15 is 0 Å². The number of aryl methyl sites for hydroxylation is 1. The number of allylic oxidation sites excluding steroid dienone is 1. The van der Waals surface area contributed by atoms with Crippen LogP contribution in [-0.2, 0) is 0 Å². The minimum Gasteiger partial charge on any atom is -0.271 e. The summed E-state index contributed by atoms with van der Waals surface area (Å²) >= 11 is 3.61. The van der Waals surface area contributed by atoms with Crippen molar-refractivity contribution in [1.82, 2.24) is 5.43 Å². The molecule has 0 radical (unpaired) electrons. The molecule has 1 aromatic carbocycles. The molecular formula is C13H19BrN2. The molecule has 2 nitrogen and oxygen atoms in total. The molecule has 1 aromatic rings. The van der Waals surface area contributed by atoms with Gasteiger partial charge in [-0.3, -0.25) is 11.3 Å². The molecule has 16 heavy (non-hydrogen) atoms. The standard InChI is InChI=1S/C13H19BrN2/c1-3-4-5-9-12(16-15)11-8-6-7-10(2)13(11)14/h3,6-8,12,16H,1,4-5,9,15H2,2H3. The number of unbranched alkanes of at least 4 members (excludes halogenated alkanes) is 1. The first-order valence-electron chi connectivity index (χ1n) is 5.52. The van der Waals surface area contributed by atoms with Crippen molar-refractivity contribution in [3.05, 3.63) is 46.5 Å². The first kappa shape index (κ1) is 13.4. The minimum absolute atomic E-state index is 0.203. The number of benzene rings is 1. The van der Waals surface area contributed by atoms with Gasteiger partial charge in [0.1, 0.15) is 0 Å². The van der Waals surface area contributed by atoms with Crippen molar-refractivity contribution in [3.63, 3.8) is 0 Å². The third kappa shape index (κ3) is 3.44. The van der Waals surface area contributed by atoms with Crippen molar-refractivity contribution in [2.24, 2.45) is 5.84 Å². The first-order valence-corrected chi connectivity index (χ1v) is 6.32. The Balaban J connectivity index is 2.78. The molecule has 0 aliphatic carbocycles.